The van der Waals surface area contributed by atoms with Gasteiger partial charge in [-0.3, -0.25) is 0 Å². The summed E-state index contributed by atoms with van der Waals surface area (Å²) in [7, 11) is 0. The van der Waals surface area contributed by atoms with E-state index in [-0.39, 0.29) is 0 Å². The van der Waals surface area contributed by atoms with Gasteiger partial charge in [0.05, 0.1) is 0 Å². The van der Waals surface area contributed by atoms with E-state index in [0.29, 0.717) is 6.04 Å². The van der Waals surface area contributed by atoms with Crippen LogP contribution in [0, 0.1) is 17.8 Å². The fourth-order valence-electron chi connectivity index (χ4n) is 3.54. The Labute approximate surface area is 129 Å². The molecule has 20 heavy (non-hydrogen) atoms. The Hall–Kier alpha value is -0.530. The molecule has 0 aliphatic heterocycles. The molecule has 1 N–H and O–H groups in total. The molecule has 0 saturated heterocycles. The number of hydrogen-bond donors (Lipinski definition) is 1. The van der Waals surface area contributed by atoms with Crippen LogP contribution in [-0.2, 0) is 6.42 Å². The van der Waals surface area contributed by atoms with E-state index in [1.54, 1.807) is 0 Å². The molecule has 0 heterocycles. The fourth-order valence-corrected chi connectivity index (χ4v) is 3.75. The van der Waals surface area contributed by atoms with Crippen LogP contribution in [0.3, 0.4) is 0 Å². The molecule has 112 valence electrons. The second-order valence-corrected chi connectivity index (χ2v) is 6.96. The molecule has 0 amide bonds. The van der Waals surface area contributed by atoms with Gasteiger partial charge in [-0.25, -0.2) is 0 Å². The number of benzene rings is 1. The van der Waals surface area contributed by atoms with Crippen molar-refractivity contribution in [1.82, 2.24) is 5.32 Å². The normalized spacial score (nSPS) is 28.3. The van der Waals surface area contributed by atoms with Crippen molar-refractivity contribution in [1.29, 1.82) is 0 Å². The molecule has 4 unspecified atom stereocenters. The largest absolute Gasteiger partial charge is 0.314 e. The van der Waals surface area contributed by atoms with Crippen molar-refractivity contribution in [3.8, 4) is 0 Å². The van der Waals surface area contributed by atoms with Crippen LogP contribution in [0.4, 0.5) is 0 Å². The predicted octanol–water partition coefficient (Wildman–Crippen LogP) is 4.93. The summed E-state index contributed by atoms with van der Waals surface area (Å²) in [5.74, 6) is 2.55. The molecular formula is C18H28ClN. The van der Waals surface area contributed by atoms with Gasteiger partial charge < -0.3 is 5.32 Å². The fraction of sp³-hybridized carbons (Fsp3) is 0.667. The summed E-state index contributed by atoms with van der Waals surface area (Å²) in [4.78, 5) is 0. The van der Waals surface area contributed by atoms with Gasteiger partial charge in [0.15, 0.2) is 0 Å². The van der Waals surface area contributed by atoms with Crippen LogP contribution in [-0.4, -0.2) is 12.6 Å². The molecule has 2 rings (SSSR count). The van der Waals surface area contributed by atoms with Crippen LogP contribution in [0.15, 0.2) is 24.3 Å². The second kappa shape index (κ2) is 7.47. The zero-order valence-electron chi connectivity index (χ0n) is 13.0. The van der Waals surface area contributed by atoms with Crippen LogP contribution in [0.5, 0.6) is 0 Å². The standard InChI is InChI=1S/C18H28ClN/c1-4-20-18(12-15-6-5-7-17(19)11-15)16-9-8-13(2)14(3)10-16/h5-7,11,13-14,16,18,20H,4,8-10,12H2,1-3H3. The van der Waals surface area contributed by atoms with Crippen LogP contribution >= 0.6 is 11.6 Å². The summed E-state index contributed by atoms with van der Waals surface area (Å²) in [6.07, 6.45) is 5.20. The van der Waals surface area contributed by atoms with Crippen molar-refractivity contribution < 1.29 is 0 Å². The number of rotatable bonds is 5. The minimum Gasteiger partial charge on any atom is -0.314 e. The van der Waals surface area contributed by atoms with Crippen molar-refractivity contribution >= 4 is 11.6 Å². The van der Waals surface area contributed by atoms with Crippen LogP contribution in [0.25, 0.3) is 0 Å². The third-order valence-corrected chi connectivity index (χ3v) is 5.25. The lowest BCUT2D eigenvalue weighted by Gasteiger charge is -2.37. The lowest BCUT2D eigenvalue weighted by Crippen LogP contribution is -2.41. The van der Waals surface area contributed by atoms with Crippen LogP contribution in [0.1, 0.15) is 45.6 Å². The topological polar surface area (TPSA) is 12.0 Å². The Morgan fingerprint density at radius 2 is 2.05 bits per heavy atom. The van der Waals surface area contributed by atoms with Gasteiger partial charge in [0.1, 0.15) is 0 Å². The average molecular weight is 294 g/mol. The average Bonchev–Trinajstić information content (AvgIpc) is 2.41. The van der Waals surface area contributed by atoms with E-state index in [1.807, 2.05) is 6.07 Å². The first-order valence-electron chi connectivity index (χ1n) is 8.08. The van der Waals surface area contributed by atoms with Crippen molar-refractivity contribution in [2.45, 2.75) is 52.5 Å². The van der Waals surface area contributed by atoms with E-state index >= 15 is 0 Å². The Morgan fingerprint density at radius 3 is 2.70 bits per heavy atom. The van der Waals surface area contributed by atoms with E-state index in [2.05, 4.69) is 44.3 Å². The molecule has 1 aromatic rings. The molecule has 1 aromatic carbocycles. The smallest absolute Gasteiger partial charge is 0.0408 e. The SMILES string of the molecule is CCNC(Cc1cccc(Cl)c1)C1CCC(C)C(C)C1. The third-order valence-electron chi connectivity index (χ3n) is 5.02. The highest BCUT2D eigenvalue weighted by atomic mass is 35.5. The third kappa shape index (κ3) is 4.23. The van der Waals surface area contributed by atoms with E-state index < -0.39 is 0 Å². The molecule has 2 heteroatoms. The van der Waals surface area contributed by atoms with Gasteiger partial charge in [-0.05, 0) is 61.3 Å². The Kier molecular flexibility index (Phi) is 5.92. The first-order chi connectivity index (χ1) is 9.60. The zero-order valence-corrected chi connectivity index (χ0v) is 13.8. The lowest BCUT2D eigenvalue weighted by atomic mass is 9.72. The second-order valence-electron chi connectivity index (χ2n) is 6.53. The zero-order chi connectivity index (χ0) is 14.5. The number of halogens is 1. The summed E-state index contributed by atoms with van der Waals surface area (Å²) < 4.78 is 0. The number of hydrogen-bond acceptors (Lipinski definition) is 1. The molecule has 1 aliphatic rings. The van der Waals surface area contributed by atoms with E-state index in [4.69, 9.17) is 11.6 Å². The maximum Gasteiger partial charge on any atom is 0.0408 e. The van der Waals surface area contributed by atoms with Crippen molar-refractivity contribution in [2.75, 3.05) is 6.54 Å². The summed E-state index contributed by atoms with van der Waals surface area (Å²) >= 11 is 6.11. The molecule has 1 fully saturated rings. The monoisotopic (exact) mass is 293 g/mol. The Bertz CT molecular complexity index is 418. The minimum atomic E-state index is 0.591. The molecular weight excluding hydrogens is 266 g/mol. The molecule has 1 aliphatic carbocycles. The molecule has 0 radical (unpaired) electrons. The first-order valence-corrected chi connectivity index (χ1v) is 8.45. The molecule has 0 aromatic heterocycles. The maximum atomic E-state index is 6.11. The van der Waals surface area contributed by atoms with Crippen molar-refractivity contribution in [2.24, 2.45) is 17.8 Å². The molecule has 0 spiro atoms. The first kappa shape index (κ1) is 15.9. The number of nitrogens with one attached hydrogen (secondary N) is 1. The number of likely N-dealkylation sites (N-methyl/N-ethyl adjacent to an activating group) is 1. The van der Waals surface area contributed by atoms with Gasteiger partial charge in [0, 0.05) is 11.1 Å². The van der Waals surface area contributed by atoms with Gasteiger partial charge in [0.25, 0.3) is 0 Å². The van der Waals surface area contributed by atoms with E-state index in [1.165, 1.54) is 24.8 Å². The van der Waals surface area contributed by atoms with Crippen LogP contribution < -0.4 is 5.32 Å². The lowest BCUT2D eigenvalue weighted by molar-refractivity contribution is 0.171. The molecule has 1 nitrogen and oxygen atoms in total. The van der Waals surface area contributed by atoms with Crippen molar-refractivity contribution in [3.63, 3.8) is 0 Å². The van der Waals surface area contributed by atoms with Gasteiger partial charge in [-0.1, -0.05) is 50.9 Å². The van der Waals surface area contributed by atoms with Crippen molar-refractivity contribution in [3.05, 3.63) is 34.9 Å². The minimum absolute atomic E-state index is 0.591. The molecule has 0 bridgehead atoms. The van der Waals surface area contributed by atoms with E-state index in [0.717, 1.165) is 35.7 Å². The van der Waals surface area contributed by atoms with Gasteiger partial charge in [-0.15, -0.1) is 0 Å². The quantitative estimate of drug-likeness (QED) is 0.811. The maximum absolute atomic E-state index is 6.11. The van der Waals surface area contributed by atoms with Gasteiger partial charge >= 0.3 is 0 Å². The highest BCUT2D eigenvalue weighted by Gasteiger charge is 2.29. The molecule has 4 atom stereocenters. The van der Waals surface area contributed by atoms with Crippen LogP contribution in [0.2, 0.25) is 5.02 Å². The van der Waals surface area contributed by atoms with E-state index in [9.17, 15) is 0 Å². The summed E-state index contributed by atoms with van der Waals surface area (Å²) in [5, 5.41) is 4.56. The van der Waals surface area contributed by atoms with Gasteiger partial charge in [-0.2, -0.15) is 0 Å². The molecule has 1 saturated carbocycles. The summed E-state index contributed by atoms with van der Waals surface area (Å²) in [5.41, 5.74) is 1.36. The highest BCUT2D eigenvalue weighted by molar-refractivity contribution is 6.30. The van der Waals surface area contributed by atoms with Gasteiger partial charge in [0.2, 0.25) is 0 Å². The predicted molar refractivity (Wildman–Crippen MR) is 88.3 cm³/mol. The summed E-state index contributed by atoms with van der Waals surface area (Å²) in [6, 6.07) is 8.92. The highest BCUT2D eigenvalue weighted by Crippen LogP contribution is 2.35. The Morgan fingerprint density at radius 1 is 1.25 bits per heavy atom. The Balaban J connectivity index is 2.03. The summed E-state index contributed by atoms with van der Waals surface area (Å²) in [6.45, 7) is 8.07.